The Balaban J connectivity index is 2.49. The Bertz CT molecular complexity index is 415. The molecule has 19 heavy (non-hydrogen) atoms. The van der Waals surface area contributed by atoms with E-state index >= 15 is 0 Å². The van der Waals surface area contributed by atoms with Crippen LogP contribution in [0.2, 0.25) is 0 Å². The fourth-order valence-corrected chi connectivity index (χ4v) is 2.15. The van der Waals surface area contributed by atoms with Crippen LogP contribution in [0.4, 0.5) is 5.69 Å². The summed E-state index contributed by atoms with van der Waals surface area (Å²) in [7, 11) is 0. The van der Waals surface area contributed by atoms with Crippen molar-refractivity contribution in [3.63, 3.8) is 0 Å². The number of aryl methyl sites for hydroxylation is 3. The molecule has 0 aliphatic heterocycles. The van der Waals surface area contributed by atoms with Crippen molar-refractivity contribution in [3.8, 4) is 0 Å². The van der Waals surface area contributed by atoms with Crippen molar-refractivity contribution in [1.29, 1.82) is 0 Å². The van der Waals surface area contributed by atoms with Crippen LogP contribution >= 0.6 is 0 Å². The van der Waals surface area contributed by atoms with Crippen molar-refractivity contribution >= 4 is 11.6 Å². The average molecular weight is 262 g/mol. The highest BCUT2D eigenvalue weighted by Crippen LogP contribution is 2.21. The maximum Gasteiger partial charge on any atom is 0.238 e. The fraction of sp³-hybridized carbons (Fsp3) is 0.562. The molecular weight excluding hydrogens is 236 g/mol. The van der Waals surface area contributed by atoms with Crippen molar-refractivity contribution in [2.45, 2.75) is 41.0 Å². The normalized spacial score (nSPS) is 10.8. The second-order valence-corrected chi connectivity index (χ2v) is 5.68. The Labute approximate surface area is 116 Å². The van der Waals surface area contributed by atoms with E-state index in [9.17, 15) is 4.79 Å². The molecule has 1 aromatic rings. The summed E-state index contributed by atoms with van der Waals surface area (Å²) in [5.74, 6) is 0.691. The first kappa shape index (κ1) is 15.7. The zero-order valence-electron chi connectivity index (χ0n) is 12.8. The first-order valence-corrected chi connectivity index (χ1v) is 6.98. The number of carbonyl (C=O) groups is 1. The number of rotatable bonds is 6. The van der Waals surface area contributed by atoms with E-state index in [-0.39, 0.29) is 5.91 Å². The summed E-state index contributed by atoms with van der Waals surface area (Å²) < 4.78 is 0. The molecule has 0 bridgehead atoms. The Kier molecular flexibility index (Phi) is 6.03. The summed E-state index contributed by atoms with van der Waals surface area (Å²) in [6.07, 6.45) is 1.09. The van der Waals surface area contributed by atoms with E-state index in [1.165, 1.54) is 5.56 Å². The summed E-state index contributed by atoms with van der Waals surface area (Å²) in [5, 5.41) is 6.17. The number of hydrogen-bond acceptors (Lipinski definition) is 2. The lowest BCUT2D eigenvalue weighted by atomic mass is 10.1. The predicted octanol–water partition coefficient (Wildman–Crippen LogP) is 3.19. The van der Waals surface area contributed by atoms with E-state index < -0.39 is 0 Å². The standard InChI is InChI=1S/C16H26N2O/c1-11(2)6-7-17-10-15(19)18-16-13(4)8-12(3)9-14(16)5/h8-9,11,17H,6-7,10H2,1-5H3,(H,18,19). The van der Waals surface area contributed by atoms with Crippen molar-refractivity contribution in [2.75, 3.05) is 18.4 Å². The van der Waals surface area contributed by atoms with Gasteiger partial charge in [0, 0.05) is 5.69 Å². The van der Waals surface area contributed by atoms with E-state index in [2.05, 4.69) is 43.5 Å². The van der Waals surface area contributed by atoms with Crippen LogP contribution in [0.25, 0.3) is 0 Å². The lowest BCUT2D eigenvalue weighted by Gasteiger charge is -2.13. The molecule has 3 nitrogen and oxygen atoms in total. The predicted molar refractivity (Wildman–Crippen MR) is 81.6 cm³/mol. The van der Waals surface area contributed by atoms with E-state index in [0.29, 0.717) is 12.5 Å². The molecule has 0 unspecified atom stereocenters. The molecule has 0 spiro atoms. The Morgan fingerprint density at radius 2 is 1.74 bits per heavy atom. The molecule has 0 heterocycles. The van der Waals surface area contributed by atoms with Gasteiger partial charge in [-0.1, -0.05) is 31.5 Å². The minimum absolute atomic E-state index is 0.0267. The van der Waals surface area contributed by atoms with Gasteiger partial charge in [0.05, 0.1) is 6.54 Å². The van der Waals surface area contributed by atoms with Crippen LogP contribution in [0.3, 0.4) is 0 Å². The molecule has 0 aliphatic carbocycles. The molecule has 0 aromatic heterocycles. The maximum absolute atomic E-state index is 11.9. The lowest BCUT2D eigenvalue weighted by molar-refractivity contribution is -0.115. The largest absolute Gasteiger partial charge is 0.324 e. The molecule has 106 valence electrons. The molecule has 1 rings (SSSR count). The van der Waals surface area contributed by atoms with E-state index in [0.717, 1.165) is 29.8 Å². The zero-order valence-corrected chi connectivity index (χ0v) is 12.8. The summed E-state index contributed by atoms with van der Waals surface area (Å²) >= 11 is 0. The highest BCUT2D eigenvalue weighted by atomic mass is 16.1. The highest BCUT2D eigenvalue weighted by Gasteiger charge is 2.07. The maximum atomic E-state index is 11.9. The molecule has 0 saturated carbocycles. The van der Waals surface area contributed by atoms with Crippen molar-refractivity contribution in [3.05, 3.63) is 28.8 Å². The number of amides is 1. The lowest BCUT2D eigenvalue weighted by Crippen LogP contribution is -2.29. The Hall–Kier alpha value is -1.35. The van der Waals surface area contributed by atoms with Gasteiger partial charge in [-0.2, -0.15) is 0 Å². The topological polar surface area (TPSA) is 41.1 Å². The summed E-state index contributed by atoms with van der Waals surface area (Å²) in [6.45, 7) is 11.8. The van der Waals surface area contributed by atoms with Gasteiger partial charge in [-0.15, -0.1) is 0 Å². The SMILES string of the molecule is Cc1cc(C)c(NC(=O)CNCCC(C)C)c(C)c1. The molecule has 1 aromatic carbocycles. The smallest absolute Gasteiger partial charge is 0.238 e. The number of benzene rings is 1. The third-order valence-electron chi connectivity index (χ3n) is 3.13. The molecule has 3 heteroatoms. The molecule has 0 radical (unpaired) electrons. The van der Waals surface area contributed by atoms with E-state index in [1.54, 1.807) is 0 Å². The van der Waals surface area contributed by atoms with Crippen LogP contribution in [0.15, 0.2) is 12.1 Å². The first-order chi connectivity index (χ1) is 8.90. The second-order valence-electron chi connectivity index (χ2n) is 5.68. The number of anilines is 1. The number of carbonyl (C=O) groups excluding carboxylic acids is 1. The van der Waals surface area contributed by atoms with Gasteiger partial charge in [0.25, 0.3) is 0 Å². The van der Waals surface area contributed by atoms with Crippen LogP contribution in [0, 0.1) is 26.7 Å². The number of nitrogens with one attached hydrogen (secondary N) is 2. The Morgan fingerprint density at radius 3 is 2.26 bits per heavy atom. The van der Waals surface area contributed by atoms with Crippen LogP contribution in [0.5, 0.6) is 0 Å². The summed E-state index contributed by atoms with van der Waals surface area (Å²) in [5.41, 5.74) is 4.41. The molecule has 0 saturated heterocycles. The van der Waals surface area contributed by atoms with Crippen molar-refractivity contribution < 1.29 is 4.79 Å². The van der Waals surface area contributed by atoms with E-state index in [1.807, 2.05) is 13.8 Å². The molecule has 2 N–H and O–H groups in total. The van der Waals surface area contributed by atoms with Crippen molar-refractivity contribution in [2.24, 2.45) is 5.92 Å². The van der Waals surface area contributed by atoms with Crippen LogP contribution in [0.1, 0.15) is 37.0 Å². The van der Waals surface area contributed by atoms with Gasteiger partial charge in [0.1, 0.15) is 0 Å². The third-order valence-corrected chi connectivity index (χ3v) is 3.13. The molecular formula is C16H26N2O. The van der Waals surface area contributed by atoms with Gasteiger partial charge in [-0.05, 0) is 50.8 Å². The van der Waals surface area contributed by atoms with Gasteiger partial charge < -0.3 is 10.6 Å². The van der Waals surface area contributed by atoms with Gasteiger partial charge >= 0.3 is 0 Å². The van der Waals surface area contributed by atoms with Gasteiger partial charge in [-0.25, -0.2) is 0 Å². The average Bonchev–Trinajstić information content (AvgIpc) is 2.29. The van der Waals surface area contributed by atoms with Gasteiger partial charge in [0.15, 0.2) is 0 Å². The fourth-order valence-electron chi connectivity index (χ4n) is 2.15. The molecule has 0 fully saturated rings. The summed E-state index contributed by atoms with van der Waals surface area (Å²) in [6, 6.07) is 4.18. The quantitative estimate of drug-likeness (QED) is 0.773. The minimum atomic E-state index is 0.0267. The van der Waals surface area contributed by atoms with Crippen LogP contribution in [-0.4, -0.2) is 19.0 Å². The minimum Gasteiger partial charge on any atom is -0.324 e. The second kappa shape index (κ2) is 7.29. The molecule has 1 amide bonds. The molecule has 0 aliphatic rings. The highest BCUT2D eigenvalue weighted by molar-refractivity contribution is 5.93. The van der Waals surface area contributed by atoms with Crippen LogP contribution < -0.4 is 10.6 Å². The first-order valence-electron chi connectivity index (χ1n) is 6.98. The third kappa shape index (κ3) is 5.43. The van der Waals surface area contributed by atoms with Gasteiger partial charge in [0.2, 0.25) is 5.91 Å². The zero-order chi connectivity index (χ0) is 14.4. The van der Waals surface area contributed by atoms with Crippen LogP contribution in [-0.2, 0) is 4.79 Å². The summed E-state index contributed by atoms with van der Waals surface area (Å²) in [4.78, 5) is 11.9. The Morgan fingerprint density at radius 1 is 1.16 bits per heavy atom. The number of hydrogen-bond donors (Lipinski definition) is 2. The van der Waals surface area contributed by atoms with Gasteiger partial charge in [-0.3, -0.25) is 4.79 Å². The van der Waals surface area contributed by atoms with Crippen molar-refractivity contribution in [1.82, 2.24) is 5.32 Å². The monoisotopic (exact) mass is 262 g/mol. The van der Waals surface area contributed by atoms with E-state index in [4.69, 9.17) is 0 Å². The molecule has 0 atom stereocenters.